The largest absolute Gasteiger partial charge is 0.497 e. The van der Waals surface area contributed by atoms with E-state index in [-0.39, 0.29) is 11.7 Å². The Bertz CT molecular complexity index is 1310. The molecule has 2 aromatic heterocycles. The van der Waals surface area contributed by atoms with Crippen LogP contribution < -0.4 is 20.3 Å². The zero-order valence-corrected chi connectivity index (χ0v) is 22.4. The standard InChI is InChI=1S/C27H34ClN5O4/c1-5-7-10-37-23-14-19(35-4)13-21(24(23)28)22-12-18-15-30-27(29-3)31-25(18)33(26(22)34)9-11-36-20-16-32(17-20)8-6-2/h6,12-15,20H,2,5,7-11,16-17H2,1,3-4H3,(H,29,30,31). The highest BCUT2D eigenvalue weighted by Crippen LogP contribution is 2.39. The molecule has 1 aliphatic heterocycles. The summed E-state index contributed by atoms with van der Waals surface area (Å²) in [5.41, 5.74) is 1.25. The molecular formula is C27H34ClN5O4. The van der Waals surface area contributed by atoms with Crippen molar-refractivity contribution in [3.63, 3.8) is 0 Å². The van der Waals surface area contributed by atoms with Gasteiger partial charge in [0, 0.05) is 55.5 Å². The Kier molecular flexibility index (Phi) is 9.02. The van der Waals surface area contributed by atoms with E-state index in [0.29, 0.717) is 64.4 Å². The van der Waals surface area contributed by atoms with Crippen LogP contribution in [0.2, 0.25) is 5.02 Å². The fraction of sp³-hybridized carbons (Fsp3) is 0.444. The van der Waals surface area contributed by atoms with E-state index in [1.54, 1.807) is 43.1 Å². The Morgan fingerprint density at radius 3 is 2.76 bits per heavy atom. The molecule has 1 fully saturated rings. The van der Waals surface area contributed by atoms with E-state index >= 15 is 0 Å². The highest BCUT2D eigenvalue weighted by Gasteiger charge is 2.26. The van der Waals surface area contributed by atoms with Crippen LogP contribution in [0.1, 0.15) is 19.8 Å². The molecule has 10 heteroatoms. The van der Waals surface area contributed by atoms with Crippen molar-refractivity contribution in [3.05, 3.63) is 52.4 Å². The number of nitrogens with one attached hydrogen (secondary N) is 1. The second-order valence-electron chi connectivity index (χ2n) is 8.93. The maximum Gasteiger partial charge on any atom is 0.260 e. The number of methoxy groups -OCH3 is 1. The average molecular weight is 528 g/mol. The molecule has 0 atom stereocenters. The van der Waals surface area contributed by atoms with Crippen LogP contribution in [0, 0.1) is 0 Å². The van der Waals surface area contributed by atoms with Gasteiger partial charge in [0.1, 0.15) is 17.1 Å². The summed E-state index contributed by atoms with van der Waals surface area (Å²) in [7, 11) is 3.31. The van der Waals surface area contributed by atoms with Gasteiger partial charge in [0.2, 0.25) is 5.95 Å². The van der Waals surface area contributed by atoms with Crippen LogP contribution in [0.15, 0.2) is 41.8 Å². The molecule has 1 aromatic carbocycles. The molecule has 3 aromatic rings. The van der Waals surface area contributed by atoms with E-state index in [9.17, 15) is 4.79 Å². The Balaban J connectivity index is 1.71. The monoisotopic (exact) mass is 527 g/mol. The number of rotatable bonds is 13. The van der Waals surface area contributed by atoms with Gasteiger partial charge in [0.25, 0.3) is 5.56 Å². The summed E-state index contributed by atoms with van der Waals surface area (Å²) in [5, 5.41) is 4.01. The van der Waals surface area contributed by atoms with Gasteiger partial charge in [0.15, 0.2) is 0 Å². The predicted molar refractivity (Wildman–Crippen MR) is 147 cm³/mol. The first-order chi connectivity index (χ1) is 18.0. The smallest absolute Gasteiger partial charge is 0.260 e. The van der Waals surface area contributed by atoms with Crippen molar-refractivity contribution >= 4 is 28.6 Å². The normalized spacial score (nSPS) is 13.9. The lowest BCUT2D eigenvalue weighted by molar-refractivity contribution is -0.0516. The number of aromatic nitrogens is 3. The molecule has 0 spiro atoms. The van der Waals surface area contributed by atoms with Crippen LogP contribution in [0.3, 0.4) is 0 Å². The predicted octanol–water partition coefficient (Wildman–Crippen LogP) is 4.23. The van der Waals surface area contributed by atoms with E-state index in [2.05, 4.69) is 33.7 Å². The number of ether oxygens (including phenoxy) is 3. The minimum absolute atomic E-state index is 0.142. The SMILES string of the molecule is C=CCN1CC(OCCn2c(=O)c(-c3cc(OC)cc(OCCCC)c3Cl)cc3cnc(NC)nc32)C1. The lowest BCUT2D eigenvalue weighted by Crippen LogP contribution is -2.52. The molecule has 198 valence electrons. The molecule has 0 amide bonds. The van der Waals surface area contributed by atoms with Gasteiger partial charge in [0.05, 0.1) is 38.0 Å². The van der Waals surface area contributed by atoms with Crippen molar-refractivity contribution in [2.24, 2.45) is 0 Å². The highest BCUT2D eigenvalue weighted by molar-refractivity contribution is 6.35. The first-order valence-electron chi connectivity index (χ1n) is 12.5. The number of benzene rings is 1. The van der Waals surface area contributed by atoms with Gasteiger partial charge in [-0.15, -0.1) is 6.58 Å². The number of halogens is 1. The quantitative estimate of drug-likeness (QED) is 0.261. The summed E-state index contributed by atoms with van der Waals surface area (Å²) < 4.78 is 19.1. The molecule has 0 saturated carbocycles. The minimum atomic E-state index is -0.228. The van der Waals surface area contributed by atoms with Crippen LogP contribution in [0.5, 0.6) is 11.5 Å². The highest BCUT2D eigenvalue weighted by atomic mass is 35.5. The van der Waals surface area contributed by atoms with E-state index in [1.165, 1.54) is 0 Å². The molecule has 0 unspecified atom stereocenters. The molecule has 0 bridgehead atoms. The van der Waals surface area contributed by atoms with Gasteiger partial charge in [-0.1, -0.05) is 31.0 Å². The number of likely N-dealkylation sites (tertiary alicyclic amines) is 1. The zero-order valence-electron chi connectivity index (χ0n) is 21.6. The van der Waals surface area contributed by atoms with Crippen LogP contribution >= 0.6 is 11.6 Å². The van der Waals surface area contributed by atoms with Crippen molar-refractivity contribution in [1.29, 1.82) is 0 Å². The number of fused-ring (bicyclic) bond motifs is 1. The van der Waals surface area contributed by atoms with Crippen LogP contribution in [0.25, 0.3) is 22.2 Å². The van der Waals surface area contributed by atoms with Gasteiger partial charge in [-0.3, -0.25) is 14.3 Å². The molecule has 1 aliphatic rings. The summed E-state index contributed by atoms with van der Waals surface area (Å²) >= 11 is 6.78. The van der Waals surface area contributed by atoms with E-state index in [0.717, 1.165) is 32.5 Å². The van der Waals surface area contributed by atoms with Gasteiger partial charge >= 0.3 is 0 Å². The Morgan fingerprint density at radius 2 is 2.05 bits per heavy atom. The van der Waals surface area contributed by atoms with Crippen LogP contribution in [-0.4, -0.2) is 72.5 Å². The van der Waals surface area contributed by atoms with E-state index in [4.69, 9.17) is 25.8 Å². The Hall–Kier alpha value is -3.14. The fourth-order valence-electron chi connectivity index (χ4n) is 4.27. The minimum Gasteiger partial charge on any atom is -0.497 e. The molecule has 1 saturated heterocycles. The summed E-state index contributed by atoms with van der Waals surface area (Å²) in [6, 6.07) is 5.26. The van der Waals surface area contributed by atoms with Gasteiger partial charge in [-0.25, -0.2) is 4.98 Å². The third-order valence-electron chi connectivity index (χ3n) is 6.32. The third-order valence-corrected chi connectivity index (χ3v) is 6.71. The number of pyridine rings is 1. The van der Waals surface area contributed by atoms with E-state index < -0.39 is 0 Å². The Labute approximate surface area is 222 Å². The maximum atomic E-state index is 13.9. The van der Waals surface area contributed by atoms with Crippen LogP contribution in [0.4, 0.5) is 5.95 Å². The number of hydrogen-bond acceptors (Lipinski definition) is 8. The van der Waals surface area contributed by atoms with Crippen molar-refractivity contribution in [2.45, 2.75) is 32.4 Å². The summed E-state index contributed by atoms with van der Waals surface area (Å²) in [6.45, 7) is 9.66. The summed E-state index contributed by atoms with van der Waals surface area (Å²) in [6.07, 6.45) is 5.61. The molecule has 0 radical (unpaired) electrons. The first kappa shape index (κ1) is 26.9. The van der Waals surface area contributed by atoms with Gasteiger partial charge in [-0.05, 0) is 18.6 Å². The Morgan fingerprint density at radius 1 is 1.24 bits per heavy atom. The molecular weight excluding hydrogens is 494 g/mol. The summed E-state index contributed by atoms with van der Waals surface area (Å²) in [4.78, 5) is 25.0. The average Bonchev–Trinajstić information content (AvgIpc) is 2.89. The molecule has 3 heterocycles. The molecule has 37 heavy (non-hydrogen) atoms. The van der Waals surface area contributed by atoms with Gasteiger partial charge < -0.3 is 19.5 Å². The van der Waals surface area contributed by atoms with Crippen molar-refractivity contribution in [1.82, 2.24) is 19.4 Å². The van der Waals surface area contributed by atoms with Gasteiger partial charge in [-0.2, -0.15) is 4.98 Å². The third kappa shape index (κ3) is 6.06. The van der Waals surface area contributed by atoms with Crippen molar-refractivity contribution < 1.29 is 14.2 Å². The molecule has 4 rings (SSSR count). The van der Waals surface area contributed by atoms with E-state index in [1.807, 2.05) is 6.08 Å². The first-order valence-corrected chi connectivity index (χ1v) is 12.9. The fourth-order valence-corrected chi connectivity index (χ4v) is 4.53. The van der Waals surface area contributed by atoms with Crippen molar-refractivity contribution in [3.8, 4) is 22.6 Å². The lowest BCUT2D eigenvalue weighted by atomic mass is 10.0. The summed E-state index contributed by atoms with van der Waals surface area (Å²) in [5.74, 6) is 1.46. The number of nitrogens with zero attached hydrogens (tertiary/aromatic N) is 4. The number of hydrogen-bond donors (Lipinski definition) is 1. The topological polar surface area (TPSA) is 90.7 Å². The number of unbranched alkanes of at least 4 members (excludes halogenated alkanes) is 1. The second kappa shape index (κ2) is 12.4. The van der Waals surface area contributed by atoms with Crippen molar-refractivity contribution in [2.75, 3.05) is 52.3 Å². The molecule has 0 aliphatic carbocycles. The lowest BCUT2D eigenvalue weighted by Gasteiger charge is -2.38. The van der Waals surface area contributed by atoms with Crippen LogP contribution in [-0.2, 0) is 11.3 Å². The zero-order chi connectivity index (χ0) is 26.4. The second-order valence-corrected chi connectivity index (χ2v) is 9.30. The molecule has 9 nitrogen and oxygen atoms in total. The maximum absolute atomic E-state index is 13.9. The molecule has 1 N–H and O–H groups in total. The number of anilines is 1.